The second kappa shape index (κ2) is 5.92. The van der Waals surface area contributed by atoms with E-state index in [-0.39, 0.29) is 35.8 Å². The Hall–Kier alpha value is -2.15. The Kier molecular flexibility index (Phi) is 3.98. The molecular formula is C14H14ClFN4O2. The molecule has 0 radical (unpaired) electrons. The molecule has 0 saturated heterocycles. The van der Waals surface area contributed by atoms with Gasteiger partial charge in [0.25, 0.3) is 0 Å². The molecule has 1 aromatic heterocycles. The van der Waals surface area contributed by atoms with E-state index >= 15 is 0 Å². The Labute approximate surface area is 130 Å². The highest BCUT2D eigenvalue weighted by molar-refractivity contribution is 6.30. The zero-order chi connectivity index (χ0) is 15.7. The van der Waals surface area contributed by atoms with Crippen LogP contribution < -0.4 is 11.0 Å². The molecule has 1 aliphatic rings. The maximum atomic E-state index is 13.0. The molecular weight excluding hydrogens is 311 g/mol. The Morgan fingerprint density at radius 1 is 1.45 bits per heavy atom. The quantitative estimate of drug-likeness (QED) is 0.906. The summed E-state index contributed by atoms with van der Waals surface area (Å²) in [6.45, 7) is 0.0599. The third kappa shape index (κ3) is 3.19. The molecule has 116 valence electrons. The molecule has 1 aliphatic carbocycles. The molecule has 0 unspecified atom stereocenters. The van der Waals surface area contributed by atoms with Crippen molar-refractivity contribution in [3.8, 4) is 0 Å². The molecule has 2 aromatic rings. The summed E-state index contributed by atoms with van der Waals surface area (Å²) in [5.74, 6) is -0.850. The van der Waals surface area contributed by atoms with Gasteiger partial charge >= 0.3 is 5.69 Å². The zero-order valence-corrected chi connectivity index (χ0v) is 12.4. The Balaban J connectivity index is 1.58. The first-order chi connectivity index (χ1) is 10.5. The molecule has 0 atom stereocenters. The van der Waals surface area contributed by atoms with Crippen LogP contribution in [0.5, 0.6) is 0 Å². The maximum absolute atomic E-state index is 13.0. The van der Waals surface area contributed by atoms with Gasteiger partial charge in [-0.1, -0.05) is 17.7 Å². The molecule has 1 amide bonds. The van der Waals surface area contributed by atoms with Gasteiger partial charge in [-0.3, -0.25) is 9.36 Å². The SMILES string of the molecule is O=C(Cn1ncn(C2CC2)c1=O)NCc1ccc(F)c(Cl)c1. The number of carbonyl (C=O) groups is 1. The average molecular weight is 325 g/mol. The Morgan fingerprint density at radius 3 is 2.91 bits per heavy atom. The predicted molar refractivity (Wildman–Crippen MR) is 78.0 cm³/mol. The van der Waals surface area contributed by atoms with Crippen LogP contribution >= 0.6 is 11.6 Å². The smallest absolute Gasteiger partial charge is 0.346 e. The van der Waals surface area contributed by atoms with Crippen LogP contribution in [0, 0.1) is 5.82 Å². The molecule has 1 N–H and O–H groups in total. The van der Waals surface area contributed by atoms with Crippen molar-refractivity contribution in [2.45, 2.75) is 32.0 Å². The van der Waals surface area contributed by atoms with E-state index in [2.05, 4.69) is 10.4 Å². The number of nitrogens with zero attached hydrogens (tertiary/aromatic N) is 3. The van der Waals surface area contributed by atoms with Crippen molar-refractivity contribution in [3.63, 3.8) is 0 Å². The molecule has 6 nitrogen and oxygen atoms in total. The predicted octanol–water partition coefficient (Wildman–Crippen LogP) is 1.49. The van der Waals surface area contributed by atoms with Crippen molar-refractivity contribution in [2.75, 3.05) is 0 Å². The van der Waals surface area contributed by atoms with Gasteiger partial charge in [0.05, 0.1) is 5.02 Å². The van der Waals surface area contributed by atoms with Gasteiger partial charge in [-0.25, -0.2) is 13.9 Å². The fourth-order valence-corrected chi connectivity index (χ4v) is 2.31. The molecule has 8 heteroatoms. The third-order valence-corrected chi connectivity index (χ3v) is 3.75. The van der Waals surface area contributed by atoms with Crippen LogP contribution in [0.2, 0.25) is 5.02 Å². The van der Waals surface area contributed by atoms with Crippen molar-refractivity contribution in [1.82, 2.24) is 19.7 Å². The number of rotatable bonds is 5. The number of halogens is 2. The average Bonchev–Trinajstić information content (AvgIpc) is 3.27. The number of aromatic nitrogens is 3. The second-order valence-electron chi connectivity index (χ2n) is 5.23. The second-order valence-corrected chi connectivity index (χ2v) is 5.64. The topological polar surface area (TPSA) is 68.9 Å². The van der Waals surface area contributed by atoms with Gasteiger partial charge in [-0.2, -0.15) is 5.10 Å². The minimum atomic E-state index is -0.506. The summed E-state index contributed by atoms with van der Waals surface area (Å²) in [5, 5.41) is 6.59. The van der Waals surface area contributed by atoms with Gasteiger partial charge in [0, 0.05) is 12.6 Å². The van der Waals surface area contributed by atoms with Crippen molar-refractivity contribution in [2.24, 2.45) is 0 Å². The number of nitrogens with one attached hydrogen (secondary N) is 1. The van der Waals surface area contributed by atoms with Crippen LogP contribution in [0.15, 0.2) is 29.3 Å². The first-order valence-electron chi connectivity index (χ1n) is 6.89. The molecule has 1 saturated carbocycles. The zero-order valence-electron chi connectivity index (χ0n) is 11.6. The highest BCUT2D eigenvalue weighted by atomic mass is 35.5. The lowest BCUT2D eigenvalue weighted by molar-refractivity contribution is -0.122. The van der Waals surface area contributed by atoms with Gasteiger partial charge < -0.3 is 5.32 Å². The molecule has 1 fully saturated rings. The lowest BCUT2D eigenvalue weighted by Gasteiger charge is -2.06. The van der Waals surface area contributed by atoms with Crippen molar-refractivity contribution in [1.29, 1.82) is 0 Å². The number of hydrogen-bond acceptors (Lipinski definition) is 3. The highest BCUT2D eigenvalue weighted by Gasteiger charge is 2.26. The summed E-state index contributed by atoms with van der Waals surface area (Å²) in [5.41, 5.74) is 0.401. The van der Waals surface area contributed by atoms with E-state index in [0.29, 0.717) is 5.56 Å². The van der Waals surface area contributed by atoms with Crippen LogP contribution in [0.1, 0.15) is 24.4 Å². The summed E-state index contributed by atoms with van der Waals surface area (Å²) in [4.78, 5) is 23.8. The highest BCUT2D eigenvalue weighted by Crippen LogP contribution is 2.32. The summed E-state index contributed by atoms with van der Waals surface area (Å²) in [6, 6.07) is 4.46. The van der Waals surface area contributed by atoms with Gasteiger partial charge in [0.1, 0.15) is 18.7 Å². The van der Waals surface area contributed by atoms with E-state index in [1.807, 2.05) is 0 Å². The van der Waals surface area contributed by atoms with E-state index < -0.39 is 5.82 Å². The summed E-state index contributed by atoms with van der Waals surface area (Å²) in [6.07, 6.45) is 3.42. The molecule has 1 aromatic carbocycles. The van der Waals surface area contributed by atoms with Gasteiger partial charge in [0.2, 0.25) is 5.91 Å². The lowest BCUT2D eigenvalue weighted by Crippen LogP contribution is -2.33. The van der Waals surface area contributed by atoms with Crippen molar-refractivity contribution in [3.05, 3.63) is 51.4 Å². The number of carbonyl (C=O) groups excluding carboxylic acids is 1. The van der Waals surface area contributed by atoms with Gasteiger partial charge in [0.15, 0.2) is 0 Å². The number of hydrogen-bond donors (Lipinski definition) is 1. The summed E-state index contributed by atoms with van der Waals surface area (Å²) < 4.78 is 15.7. The Bertz CT molecular complexity index is 766. The molecule has 0 spiro atoms. The van der Waals surface area contributed by atoms with Crippen molar-refractivity contribution >= 4 is 17.5 Å². The number of amides is 1. The molecule has 0 bridgehead atoms. The molecule has 1 heterocycles. The van der Waals surface area contributed by atoms with Crippen LogP contribution in [0.25, 0.3) is 0 Å². The number of benzene rings is 1. The van der Waals surface area contributed by atoms with Crippen molar-refractivity contribution < 1.29 is 9.18 Å². The first-order valence-corrected chi connectivity index (χ1v) is 7.27. The minimum absolute atomic E-state index is 0.00569. The van der Waals surface area contributed by atoms with E-state index in [4.69, 9.17) is 11.6 Å². The van der Waals surface area contributed by atoms with E-state index in [1.165, 1.54) is 24.5 Å². The van der Waals surface area contributed by atoms with E-state index in [0.717, 1.165) is 17.5 Å². The summed E-state index contributed by atoms with van der Waals surface area (Å²) >= 11 is 5.67. The molecule has 22 heavy (non-hydrogen) atoms. The van der Waals surface area contributed by atoms with Gasteiger partial charge in [-0.05, 0) is 30.5 Å². The van der Waals surface area contributed by atoms with Gasteiger partial charge in [-0.15, -0.1) is 0 Å². The standard InChI is InChI=1S/C14H14ClFN4O2/c15-11-5-9(1-4-12(11)16)6-17-13(21)7-20-14(22)19(8-18-20)10-2-3-10/h1,4-5,8,10H,2-3,6-7H2,(H,17,21). The van der Waals surface area contributed by atoms with Crippen LogP contribution in [0.4, 0.5) is 4.39 Å². The Morgan fingerprint density at radius 2 is 2.23 bits per heavy atom. The van der Waals surface area contributed by atoms with E-state index in [9.17, 15) is 14.0 Å². The molecule has 0 aliphatic heterocycles. The maximum Gasteiger partial charge on any atom is 0.346 e. The van der Waals surface area contributed by atoms with Crippen LogP contribution in [0.3, 0.4) is 0 Å². The van der Waals surface area contributed by atoms with Crippen LogP contribution in [-0.2, 0) is 17.9 Å². The first kappa shape index (κ1) is 14.8. The van der Waals surface area contributed by atoms with E-state index in [1.54, 1.807) is 4.57 Å². The normalized spacial score (nSPS) is 14.1. The minimum Gasteiger partial charge on any atom is -0.350 e. The lowest BCUT2D eigenvalue weighted by atomic mass is 10.2. The molecule has 3 rings (SSSR count). The van der Waals surface area contributed by atoms with Crippen LogP contribution in [-0.4, -0.2) is 20.3 Å². The summed E-state index contributed by atoms with van der Waals surface area (Å²) in [7, 11) is 0. The fourth-order valence-electron chi connectivity index (χ4n) is 2.10. The third-order valence-electron chi connectivity index (χ3n) is 3.46. The monoisotopic (exact) mass is 324 g/mol. The largest absolute Gasteiger partial charge is 0.350 e. The fraction of sp³-hybridized carbons (Fsp3) is 0.357.